The van der Waals surface area contributed by atoms with Gasteiger partial charge in [0.25, 0.3) is 0 Å². The molecule has 0 unspecified atom stereocenters. The summed E-state index contributed by atoms with van der Waals surface area (Å²) in [6.45, 7) is 5.72. The molecule has 17 heavy (non-hydrogen) atoms. The third kappa shape index (κ3) is 3.13. The Morgan fingerprint density at radius 2 is 2.00 bits per heavy atom. The molecular formula is C11H17N5O. The monoisotopic (exact) mass is 235 g/mol. The summed E-state index contributed by atoms with van der Waals surface area (Å²) in [5, 5.41) is 0. The molecule has 2 N–H and O–H groups in total. The maximum atomic E-state index is 11.2. The number of carbonyl (C=O) groups excluding carboxylic acids is 1. The average molecular weight is 235 g/mol. The Kier molecular flexibility index (Phi) is 3.53. The van der Waals surface area contributed by atoms with E-state index in [9.17, 15) is 4.79 Å². The largest absolute Gasteiger partial charge is 0.382 e. The minimum atomic E-state index is 0.150. The van der Waals surface area contributed by atoms with Crippen LogP contribution in [0.25, 0.3) is 0 Å². The van der Waals surface area contributed by atoms with Gasteiger partial charge in [0.15, 0.2) is 0 Å². The van der Waals surface area contributed by atoms with E-state index in [0.717, 1.165) is 38.4 Å². The normalized spacial score (nSPS) is 17.1. The second-order valence-corrected chi connectivity index (χ2v) is 4.21. The first kappa shape index (κ1) is 11.8. The van der Waals surface area contributed by atoms with E-state index < -0.39 is 0 Å². The SMILES string of the molecule is CC(=O)N1CCN(Cc2cnc(N)cn2)CC1. The van der Waals surface area contributed by atoms with Crippen molar-refractivity contribution >= 4 is 11.7 Å². The number of piperazine rings is 1. The highest BCUT2D eigenvalue weighted by molar-refractivity contribution is 5.73. The Labute approximate surface area is 100 Å². The lowest BCUT2D eigenvalue weighted by Crippen LogP contribution is -2.47. The molecule has 0 aliphatic carbocycles. The van der Waals surface area contributed by atoms with Crippen LogP contribution in [0.5, 0.6) is 0 Å². The zero-order chi connectivity index (χ0) is 12.3. The van der Waals surface area contributed by atoms with E-state index in [1.807, 2.05) is 4.90 Å². The fourth-order valence-electron chi connectivity index (χ4n) is 1.90. The number of amides is 1. The third-order valence-corrected chi connectivity index (χ3v) is 2.93. The van der Waals surface area contributed by atoms with Crippen molar-refractivity contribution in [3.63, 3.8) is 0 Å². The minimum absolute atomic E-state index is 0.150. The first-order valence-corrected chi connectivity index (χ1v) is 5.69. The Hall–Kier alpha value is -1.69. The van der Waals surface area contributed by atoms with E-state index in [4.69, 9.17) is 5.73 Å². The molecule has 1 aliphatic heterocycles. The van der Waals surface area contributed by atoms with Gasteiger partial charge < -0.3 is 10.6 Å². The lowest BCUT2D eigenvalue weighted by Gasteiger charge is -2.33. The Bertz CT molecular complexity index is 383. The highest BCUT2D eigenvalue weighted by Crippen LogP contribution is 2.06. The molecule has 0 aromatic carbocycles. The molecule has 0 bridgehead atoms. The highest BCUT2D eigenvalue weighted by atomic mass is 16.2. The Morgan fingerprint density at radius 1 is 1.29 bits per heavy atom. The zero-order valence-corrected chi connectivity index (χ0v) is 9.96. The fourth-order valence-corrected chi connectivity index (χ4v) is 1.90. The molecular weight excluding hydrogens is 218 g/mol. The predicted molar refractivity (Wildman–Crippen MR) is 64.0 cm³/mol. The molecule has 1 fully saturated rings. The maximum Gasteiger partial charge on any atom is 0.219 e. The summed E-state index contributed by atoms with van der Waals surface area (Å²) in [5.74, 6) is 0.590. The molecule has 92 valence electrons. The molecule has 2 rings (SSSR count). The van der Waals surface area contributed by atoms with Crippen molar-refractivity contribution in [2.24, 2.45) is 0 Å². The molecule has 1 aromatic rings. The van der Waals surface area contributed by atoms with E-state index in [1.165, 1.54) is 0 Å². The van der Waals surface area contributed by atoms with E-state index in [1.54, 1.807) is 19.3 Å². The number of aromatic nitrogens is 2. The van der Waals surface area contributed by atoms with E-state index in [2.05, 4.69) is 14.9 Å². The van der Waals surface area contributed by atoms with Crippen LogP contribution in [0, 0.1) is 0 Å². The quantitative estimate of drug-likeness (QED) is 0.763. The standard InChI is InChI=1S/C11H17N5O/c1-9(17)16-4-2-15(3-5-16)8-10-6-14-11(12)7-13-10/h6-7H,2-5,8H2,1H3,(H2,12,14). The van der Waals surface area contributed by atoms with Crippen LogP contribution in [-0.2, 0) is 11.3 Å². The van der Waals surface area contributed by atoms with Crippen LogP contribution in [0.4, 0.5) is 5.82 Å². The first-order valence-electron chi connectivity index (χ1n) is 5.69. The highest BCUT2D eigenvalue weighted by Gasteiger charge is 2.18. The third-order valence-electron chi connectivity index (χ3n) is 2.93. The number of nitrogens with zero attached hydrogens (tertiary/aromatic N) is 4. The number of nitrogens with two attached hydrogens (primary N) is 1. The van der Waals surface area contributed by atoms with Gasteiger partial charge in [-0.2, -0.15) is 0 Å². The molecule has 1 aromatic heterocycles. The first-order chi connectivity index (χ1) is 8.15. The summed E-state index contributed by atoms with van der Waals surface area (Å²) >= 11 is 0. The van der Waals surface area contributed by atoms with Gasteiger partial charge in [0.2, 0.25) is 5.91 Å². The molecule has 6 heteroatoms. The van der Waals surface area contributed by atoms with E-state index in [0.29, 0.717) is 5.82 Å². The van der Waals surface area contributed by atoms with Crippen molar-refractivity contribution in [3.05, 3.63) is 18.1 Å². The van der Waals surface area contributed by atoms with Gasteiger partial charge in [-0.3, -0.25) is 14.7 Å². The summed E-state index contributed by atoms with van der Waals surface area (Å²) in [4.78, 5) is 23.5. The van der Waals surface area contributed by atoms with Crippen molar-refractivity contribution in [2.75, 3.05) is 31.9 Å². The minimum Gasteiger partial charge on any atom is -0.382 e. The van der Waals surface area contributed by atoms with Gasteiger partial charge in [-0.1, -0.05) is 0 Å². The van der Waals surface area contributed by atoms with Crippen molar-refractivity contribution in [3.8, 4) is 0 Å². The number of anilines is 1. The van der Waals surface area contributed by atoms with Crippen molar-refractivity contribution in [1.82, 2.24) is 19.8 Å². The summed E-state index contributed by atoms with van der Waals surface area (Å²) in [6.07, 6.45) is 3.27. The van der Waals surface area contributed by atoms with Gasteiger partial charge in [0.05, 0.1) is 18.1 Å². The van der Waals surface area contributed by atoms with E-state index in [-0.39, 0.29) is 5.91 Å². The van der Waals surface area contributed by atoms with Crippen LogP contribution >= 0.6 is 0 Å². The maximum absolute atomic E-state index is 11.2. The topological polar surface area (TPSA) is 75.4 Å². The van der Waals surface area contributed by atoms with Crippen LogP contribution in [0.1, 0.15) is 12.6 Å². The average Bonchev–Trinajstić information content (AvgIpc) is 2.33. The number of hydrogen-bond donors (Lipinski definition) is 1. The van der Waals surface area contributed by atoms with E-state index >= 15 is 0 Å². The molecule has 1 saturated heterocycles. The van der Waals surface area contributed by atoms with Crippen LogP contribution in [0.15, 0.2) is 12.4 Å². The van der Waals surface area contributed by atoms with Crippen molar-refractivity contribution < 1.29 is 4.79 Å². The summed E-state index contributed by atoms with van der Waals surface area (Å²) in [7, 11) is 0. The number of nitrogen functional groups attached to an aromatic ring is 1. The molecule has 1 amide bonds. The number of rotatable bonds is 2. The van der Waals surface area contributed by atoms with Crippen molar-refractivity contribution in [2.45, 2.75) is 13.5 Å². The number of carbonyl (C=O) groups is 1. The summed E-state index contributed by atoms with van der Waals surface area (Å²) in [6, 6.07) is 0. The van der Waals surface area contributed by atoms with Gasteiger partial charge >= 0.3 is 0 Å². The van der Waals surface area contributed by atoms with Gasteiger partial charge in [0, 0.05) is 39.6 Å². The van der Waals surface area contributed by atoms with Crippen LogP contribution in [0.2, 0.25) is 0 Å². The molecule has 0 saturated carbocycles. The lowest BCUT2D eigenvalue weighted by molar-refractivity contribution is -0.130. The Balaban J connectivity index is 1.85. The summed E-state index contributed by atoms with van der Waals surface area (Å²) in [5.41, 5.74) is 6.39. The van der Waals surface area contributed by atoms with Gasteiger partial charge in [0.1, 0.15) is 5.82 Å². The molecule has 1 aliphatic rings. The number of hydrogen-bond acceptors (Lipinski definition) is 5. The zero-order valence-electron chi connectivity index (χ0n) is 9.96. The van der Waals surface area contributed by atoms with Crippen LogP contribution < -0.4 is 5.73 Å². The van der Waals surface area contributed by atoms with Gasteiger partial charge in [-0.05, 0) is 0 Å². The second-order valence-electron chi connectivity index (χ2n) is 4.21. The Morgan fingerprint density at radius 3 is 2.53 bits per heavy atom. The molecule has 2 heterocycles. The molecule has 6 nitrogen and oxygen atoms in total. The van der Waals surface area contributed by atoms with Crippen molar-refractivity contribution in [1.29, 1.82) is 0 Å². The van der Waals surface area contributed by atoms with Crippen LogP contribution in [-0.4, -0.2) is 51.9 Å². The molecule has 0 atom stereocenters. The van der Waals surface area contributed by atoms with Gasteiger partial charge in [-0.25, -0.2) is 4.98 Å². The lowest BCUT2D eigenvalue weighted by atomic mass is 10.3. The second kappa shape index (κ2) is 5.09. The molecule has 0 spiro atoms. The molecule has 0 radical (unpaired) electrons. The predicted octanol–water partition coefficient (Wildman–Crippen LogP) is -0.277. The smallest absolute Gasteiger partial charge is 0.219 e. The van der Waals surface area contributed by atoms with Gasteiger partial charge in [-0.15, -0.1) is 0 Å². The van der Waals surface area contributed by atoms with Crippen LogP contribution in [0.3, 0.4) is 0 Å². The fraction of sp³-hybridized carbons (Fsp3) is 0.545. The summed E-state index contributed by atoms with van der Waals surface area (Å²) < 4.78 is 0.